The number of phenolic OH excluding ortho intramolecular Hbond substituents is 1. The molecule has 0 atom stereocenters. The Morgan fingerprint density at radius 1 is 1.53 bits per heavy atom. The van der Waals surface area contributed by atoms with E-state index in [1.165, 1.54) is 19.1 Å². The summed E-state index contributed by atoms with van der Waals surface area (Å²) in [6.45, 7) is 2.08. The van der Waals surface area contributed by atoms with E-state index in [1.54, 1.807) is 4.90 Å². The van der Waals surface area contributed by atoms with Gasteiger partial charge in [-0.15, -0.1) is 0 Å². The van der Waals surface area contributed by atoms with E-state index in [2.05, 4.69) is 0 Å². The maximum atomic E-state index is 13.2. The van der Waals surface area contributed by atoms with Crippen LogP contribution in [0.3, 0.4) is 0 Å². The van der Waals surface area contributed by atoms with Crippen molar-refractivity contribution in [3.63, 3.8) is 0 Å². The van der Waals surface area contributed by atoms with Gasteiger partial charge in [-0.25, -0.2) is 4.39 Å². The van der Waals surface area contributed by atoms with Gasteiger partial charge in [-0.3, -0.25) is 4.79 Å². The smallest absolute Gasteiger partial charge is 0.223 e. The molecule has 1 N–H and O–H groups in total. The number of carbonyl (C=O) groups is 1. The first kappa shape index (κ1) is 9.96. The molecule has 1 aromatic rings. The molecule has 0 aromatic heterocycles. The number of amides is 1. The molecular weight excluding hydrogens is 197 g/mol. The van der Waals surface area contributed by atoms with Crippen molar-refractivity contribution in [2.75, 3.05) is 11.4 Å². The molecular formula is C11H12FNO2. The minimum absolute atomic E-state index is 0.0963. The summed E-state index contributed by atoms with van der Waals surface area (Å²) in [7, 11) is 0. The van der Waals surface area contributed by atoms with E-state index >= 15 is 0 Å². The Labute approximate surface area is 87.1 Å². The van der Waals surface area contributed by atoms with Gasteiger partial charge in [0.1, 0.15) is 0 Å². The van der Waals surface area contributed by atoms with E-state index in [-0.39, 0.29) is 11.7 Å². The number of aryl methyl sites for hydroxylation is 1. The highest BCUT2D eigenvalue weighted by molar-refractivity contribution is 5.92. The molecule has 0 unspecified atom stereocenters. The fourth-order valence-corrected chi connectivity index (χ4v) is 1.92. The minimum atomic E-state index is -0.679. The van der Waals surface area contributed by atoms with Crippen LogP contribution in [0.15, 0.2) is 12.1 Å². The van der Waals surface area contributed by atoms with Gasteiger partial charge < -0.3 is 10.0 Å². The van der Waals surface area contributed by atoms with Gasteiger partial charge in [-0.2, -0.15) is 0 Å². The van der Waals surface area contributed by atoms with Gasteiger partial charge >= 0.3 is 0 Å². The third kappa shape index (κ3) is 1.67. The molecule has 0 aliphatic carbocycles. The van der Waals surface area contributed by atoms with Gasteiger partial charge in [-0.1, -0.05) is 0 Å². The topological polar surface area (TPSA) is 40.5 Å². The van der Waals surface area contributed by atoms with E-state index in [4.69, 9.17) is 0 Å². The summed E-state index contributed by atoms with van der Waals surface area (Å²) in [5, 5.41) is 9.22. The molecule has 2 rings (SSSR count). The Morgan fingerprint density at radius 3 is 2.93 bits per heavy atom. The molecule has 0 bridgehead atoms. The van der Waals surface area contributed by atoms with Crippen molar-refractivity contribution in [1.82, 2.24) is 0 Å². The predicted molar refractivity (Wildman–Crippen MR) is 54.4 cm³/mol. The first-order valence-corrected chi connectivity index (χ1v) is 4.89. The molecule has 4 heteroatoms. The van der Waals surface area contributed by atoms with Crippen LogP contribution in [0.2, 0.25) is 0 Å². The van der Waals surface area contributed by atoms with E-state index in [1.807, 2.05) is 0 Å². The predicted octanol–water partition coefficient (Wildman–Crippen LogP) is 1.83. The lowest BCUT2D eigenvalue weighted by atomic mass is 10.0. The molecule has 0 spiro atoms. The van der Waals surface area contributed by atoms with Gasteiger partial charge in [0.2, 0.25) is 5.91 Å². The van der Waals surface area contributed by atoms with E-state index in [9.17, 15) is 14.3 Å². The molecule has 15 heavy (non-hydrogen) atoms. The number of hydrogen-bond acceptors (Lipinski definition) is 2. The van der Waals surface area contributed by atoms with Gasteiger partial charge in [0.15, 0.2) is 11.6 Å². The molecule has 0 radical (unpaired) electrons. The third-order valence-electron chi connectivity index (χ3n) is 2.65. The molecule has 3 nitrogen and oxygen atoms in total. The lowest BCUT2D eigenvalue weighted by molar-refractivity contribution is -0.116. The third-order valence-corrected chi connectivity index (χ3v) is 2.65. The van der Waals surface area contributed by atoms with Gasteiger partial charge in [0.25, 0.3) is 0 Å². The zero-order chi connectivity index (χ0) is 11.0. The van der Waals surface area contributed by atoms with Crippen molar-refractivity contribution in [2.45, 2.75) is 19.8 Å². The number of anilines is 1. The maximum Gasteiger partial charge on any atom is 0.223 e. The van der Waals surface area contributed by atoms with Crippen molar-refractivity contribution in [1.29, 1.82) is 0 Å². The highest BCUT2D eigenvalue weighted by Crippen LogP contribution is 2.32. The molecule has 0 saturated heterocycles. The fourth-order valence-electron chi connectivity index (χ4n) is 1.92. The van der Waals surface area contributed by atoms with Crippen LogP contribution >= 0.6 is 0 Å². The zero-order valence-corrected chi connectivity index (χ0v) is 8.46. The lowest BCUT2D eigenvalue weighted by Crippen LogP contribution is -2.33. The Bertz CT molecular complexity index is 417. The van der Waals surface area contributed by atoms with Crippen LogP contribution in [0.1, 0.15) is 18.9 Å². The number of aromatic hydroxyl groups is 1. The quantitative estimate of drug-likeness (QED) is 0.708. The van der Waals surface area contributed by atoms with Crippen LogP contribution in [-0.4, -0.2) is 17.6 Å². The highest BCUT2D eigenvalue weighted by atomic mass is 19.1. The molecule has 1 aromatic carbocycles. The summed E-state index contributed by atoms with van der Waals surface area (Å²) in [5.41, 5.74) is 1.42. The Morgan fingerprint density at radius 2 is 2.27 bits per heavy atom. The zero-order valence-electron chi connectivity index (χ0n) is 8.46. The first-order chi connectivity index (χ1) is 7.09. The summed E-state index contributed by atoms with van der Waals surface area (Å²) < 4.78 is 13.2. The Hall–Kier alpha value is -1.58. The molecule has 1 heterocycles. The largest absolute Gasteiger partial charge is 0.505 e. The average molecular weight is 209 g/mol. The van der Waals surface area contributed by atoms with Crippen LogP contribution < -0.4 is 4.90 Å². The number of phenols is 1. The highest BCUT2D eigenvalue weighted by Gasteiger charge is 2.21. The monoisotopic (exact) mass is 209 g/mol. The van der Waals surface area contributed by atoms with Gasteiger partial charge in [0.05, 0.1) is 0 Å². The fraction of sp³-hybridized carbons (Fsp3) is 0.364. The second-order valence-electron chi connectivity index (χ2n) is 3.71. The molecule has 1 aliphatic heterocycles. The number of carbonyl (C=O) groups excluding carboxylic acids is 1. The van der Waals surface area contributed by atoms with E-state index in [0.29, 0.717) is 12.2 Å². The Kier molecular flexibility index (Phi) is 2.34. The normalized spacial score (nSPS) is 14.9. The minimum Gasteiger partial charge on any atom is -0.505 e. The number of hydrogen-bond donors (Lipinski definition) is 1. The second-order valence-corrected chi connectivity index (χ2v) is 3.71. The van der Waals surface area contributed by atoms with Gasteiger partial charge in [0, 0.05) is 25.2 Å². The standard InChI is InChI=1S/C11H12FNO2/c1-7(14)13-4-2-3-8-5-11(15)9(12)6-10(8)13/h5-6,15H,2-4H2,1H3. The van der Waals surface area contributed by atoms with Crippen molar-refractivity contribution >= 4 is 11.6 Å². The summed E-state index contributed by atoms with van der Waals surface area (Å²) in [5.74, 6) is -1.12. The summed E-state index contributed by atoms with van der Waals surface area (Å²) in [6.07, 6.45) is 1.62. The second kappa shape index (κ2) is 3.53. The van der Waals surface area contributed by atoms with Crippen molar-refractivity contribution < 1.29 is 14.3 Å². The lowest BCUT2D eigenvalue weighted by Gasteiger charge is -2.28. The SMILES string of the molecule is CC(=O)N1CCCc2cc(O)c(F)cc21. The summed E-state index contributed by atoms with van der Waals surface area (Å²) >= 11 is 0. The number of rotatable bonds is 0. The van der Waals surface area contributed by atoms with E-state index in [0.717, 1.165) is 18.4 Å². The van der Waals surface area contributed by atoms with Crippen LogP contribution in [0.25, 0.3) is 0 Å². The molecule has 0 saturated carbocycles. The van der Waals surface area contributed by atoms with Crippen LogP contribution in [0.5, 0.6) is 5.75 Å². The van der Waals surface area contributed by atoms with E-state index < -0.39 is 5.82 Å². The van der Waals surface area contributed by atoms with Crippen LogP contribution in [0, 0.1) is 5.82 Å². The molecule has 0 fully saturated rings. The van der Waals surface area contributed by atoms with Gasteiger partial charge in [-0.05, 0) is 24.5 Å². The first-order valence-electron chi connectivity index (χ1n) is 4.89. The number of benzene rings is 1. The number of fused-ring (bicyclic) bond motifs is 1. The van der Waals surface area contributed by atoms with Crippen LogP contribution in [-0.2, 0) is 11.2 Å². The molecule has 1 aliphatic rings. The number of halogens is 1. The van der Waals surface area contributed by atoms with Crippen molar-refractivity contribution in [3.8, 4) is 5.75 Å². The molecule has 80 valence electrons. The molecule has 1 amide bonds. The summed E-state index contributed by atoms with van der Waals surface area (Å²) in [4.78, 5) is 12.8. The number of nitrogens with zero attached hydrogens (tertiary/aromatic N) is 1. The van der Waals surface area contributed by atoms with Crippen molar-refractivity contribution in [2.24, 2.45) is 0 Å². The Balaban J connectivity index is 2.51. The summed E-state index contributed by atoms with van der Waals surface area (Å²) in [6, 6.07) is 2.63. The van der Waals surface area contributed by atoms with Crippen molar-refractivity contribution in [3.05, 3.63) is 23.5 Å². The maximum absolute atomic E-state index is 13.2. The average Bonchev–Trinajstić information content (AvgIpc) is 2.18. The van der Waals surface area contributed by atoms with Crippen LogP contribution in [0.4, 0.5) is 10.1 Å².